The summed E-state index contributed by atoms with van der Waals surface area (Å²) in [6.45, 7) is 5.70. The highest BCUT2D eigenvalue weighted by Gasteiger charge is 2.32. The van der Waals surface area contributed by atoms with Crippen molar-refractivity contribution in [3.63, 3.8) is 0 Å². The standard InChI is InChI=1S/C30H31BrN2O5/c1-30(2,3)32-29(35)26(19-14-10-11-15-21(19)31)33-22-17-23(36-4)27(37-5)28(38-6)25(22)20(16-24(33)34)18-12-8-7-9-13-18/h7-17,26H,1-6H3,(H,32,35). The van der Waals surface area contributed by atoms with E-state index in [9.17, 15) is 9.59 Å². The summed E-state index contributed by atoms with van der Waals surface area (Å²) in [4.78, 5) is 27.9. The molecule has 0 saturated heterocycles. The second-order valence-electron chi connectivity index (χ2n) is 9.84. The zero-order valence-corrected chi connectivity index (χ0v) is 23.9. The maximum atomic E-state index is 14.0. The summed E-state index contributed by atoms with van der Waals surface area (Å²) in [6.07, 6.45) is 0. The molecule has 0 saturated carbocycles. The molecule has 3 aromatic carbocycles. The number of hydrogen-bond acceptors (Lipinski definition) is 5. The summed E-state index contributed by atoms with van der Waals surface area (Å²) >= 11 is 3.60. The lowest BCUT2D eigenvalue weighted by molar-refractivity contribution is -0.124. The number of rotatable bonds is 7. The van der Waals surface area contributed by atoms with Gasteiger partial charge in [-0.1, -0.05) is 64.5 Å². The zero-order chi connectivity index (χ0) is 27.6. The lowest BCUT2D eigenvalue weighted by Gasteiger charge is -2.29. The van der Waals surface area contributed by atoms with E-state index >= 15 is 0 Å². The van der Waals surface area contributed by atoms with Crippen LogP contribution in [-0.4, -0.2) is 37.3 Å². The Hall–Kier alpha value is -3.78. The van der Waals surface area contributed by atoms with Crippen molar-refractivity contribution >= 4 is 32.7 Å². The lowest BCUT2D eigenvalue weighted by Crippen LogP contribution is -2.46. The summed E-state index contributed by atoms with van der Waals surface area (Å²) in [7, 11) is 4.59. The van der Waals surface area contributed by atoms with E-state index in [2.05, 4.69) is 21.2 Å². The van der Waals surface area contributed by atoms with E-state index < -0.39 is 11.6 Å². The highest BCUT2D eigenvalue weighted by molar-refractivity contribution is 9.10. The second-order valence-corrected chi connectivity index (χ2v) is 10.7. The summed E-state index contributed by atoms with van der Waals surface area (Å²) < 4.78 is 19.4. The Morgan fingerprint density at radius 1 is 0.895 bits per heavy atom. The van der Waals surface area contributed by atoms with Crippen molar-refractivity contribution in [2.75, 3.05) is 21.3 Å². The first kappa shape index (κ1) is 27.3. The van der Waals surface area contributed by atoms with Crippen molar-refractivity contribution < 1.29 is 19.0 Å². The largest absolute Gasteiger partial charge is 0.493 e. The smallest absolute Gasteiger partial charge is 0.252 e. The third-order valence-electron chi connectivity index (χ3n) is 6.13. The summed E-state index contributed by atoms with van der Waals surface area (Å²) in [6, 6.07) is 19.2. The molecular formula is C30H31BrN2O5. The van der Waals surface area contributed by atoms with E-state index in [4.69, 9.17) is 14.2 Å². The Kier molecular flexibility index (Phi) is 7.83. The number of pyridine rings is 1. The van der Waals surface area contributed by atoms with Gasteiger partial charge in [-0.25, -0.2) is 0 Å². The first-order chi connectivity index (χ1) is 18.1. The van der Waals surface area contributed by atoms with Crippen LogP contribution in [-0.2, 0) is 4.79 Å². The number of carbonyl (C=O) groups excluding carboxylic acids is 1. The average Bonchev–Trinajstić information content (AvgIpc) is 2.89. The molecular weight excluding hydrogens is 548 g/mol. The van der Waals surface area contributed by atoms with Crippen LogP contribution in [0.4, 0.5) is 0 Å². The number of ether oxygens (including phenoxy) is 3. The number of hydrogen-bond donors (Lipinski definition) is 1. The van der Waals surface area contributed by atoms with Gasteiger partial charge in [-0.3, -0.25) is 14.2 Å². The zero-order valence-electron chi connectivity index (χ0n) is 22.3. The van der Waals surface area contributed by atoms with E-state index in [0.29, 0.717) is 43.8 Å². The monoisotopic (exact) mass is 578 g/mol. The number of amides is 1. The van der Waals surface area contributed by atoms with Crippen LogP contribution in [0, 0.1) is 0 Å². The van der Waals surface area contributed by atoms with Crippen molar-refractivity contribution in [2.24, 2.45) is 0 Å². The first-order valence-electron chi connectivity index (χ1n) is 12.1. The van der Waals surface area contributed by atoms with Gasteiger partial charge in [0.25, 0.3) is 5.56 Å². The van der Waals surface area contributed by atoms with Gasteiger partial charge in [-0.2, -0.15) is 0 Å². The van der Waals surface area contributed by atoms with Crippen LogP contribution in [0.2, 0.25) is 0 Å². The van der Waals surface area contributed by atoms with E-state index in [1.807, 2.05) is 75.4 Å². The minimum atomic E-state index is -0.993. The maximum Gasteiger partial charge on any atom is 0.252 e. The molecule has 1 N–H and O–H groups in total. The number of methoxy groups -OCH3 is 3. The third kappa shape index (κ3) is 5.13. The second kappa shape index (κ2) is 10.9. The Bertz CT molecular complexity index is 1540. The molecule has 0 bridgehead atoms. The highest BCUT2D eigenvalue weighted by Crippen LogP contribution is 2.47. The van der Waals surface area contributed by atoms with Crippen molar-refractivity contribution in [3.05, 3.63) is 87.1 Å². The molecule has 198 valence electrons. The van der Waals surface area contributed by atoms with Gasteiger partial charge in [-0.15, -0.1) is 0 Å². The molecule has 1 heterocycles. The highest BCUT2D eigenvalue weighted by atomic mass is 79.9. The van der Waals surface area contributed by atoms with E-state index in [1.165, 1.54) is 18.8 Å². The van der Waals surface area contributed by atoms with Gasteiger partial charge < -0.3 is 19.5 Å². The number of nitrogens with zero attached hydrogens (tertiary/aromatic N) is 1. The van der Waals surface area contributed by atoms with Gasteiger partial charge in [0.15, 0.2) is 11.5 Å². The van der Waals surface area contributed by atoms with Crippen molar-refractivity contribution in [2.45, 2.75) is 32.4 Å². The van der Waals surface area contributed by atoms with Gasteiger partial charge in [0.2, 0.25) is 11.7 Å². The minimum Gasteiger partial charge on any atom is -0.493 e. The van der Waals surface area contributed by atoms with Crippen LogP contribution in [0.5, 0.6) is 17.2 Å². The molecule has 1 amide bonds. The fraction of sp³-hybridized carbons (Fsp3) is 0.267. The summed E-state index contributed by atoms with van der Waals surface area (Å²) in [5, 5.41) is 3.68. The number of aromatic nitrogens is 1. The number of carbonyl (C=O) groups is 1. The maximum absolute atomic E-state index is 14.0. The molecule has 7 nitrogen and oxygen atoms in total. The minimum absolute atomic E-state index is 0.325. The molecule has 0 fully saturated rings. The molecule has 1 unspecified atom stereocenters. The molecule has 0 radical (unpaired) electrons. The average molecular weight is 579 g/mol. The topological polar surface area (TPSA) is 78.8 Å². The molecule has 1 aromatic heterocycles. The van der Waals surface area contributed by atoms with Crippen LogP contribution < -0.4 is 25.1 Å². The van der Waals surface area contributed by atoms with Crippen LogP contribution in [0.3, 0.4) is 0 Å². The van der Waals surface area contributed by atoms with Gasteiger partial charge in [0, 0.05) is 27.7 Å². The predicted octanol–water partition coefficient (Wildman–Crippen LogP) is 5.96. The Labute approximate surface area is 230 Å². The summed E-state index contributed by atoms with van der Waals surface area (Å²) in [5.74, 6) is 0.837. The number of nitrogens with one attached hydrogen (secondary N) is 1. The van der Waals surface area contributed by atoms with Crippen molar-refractivity contribution in [1.82, 2.24) is 9.88 Å². The molecule has 4 aromatic rings. The Morgan fingerprint density at radius 2 is 1.53 bits per heavy atom. The summed E-state index contributed by atoms with van der Waals surface area (Å²) in [5.41, 5.74) is 1.70. The van der Waals surface area contributed by atoms with Crippen LogP contribution in [0.15, 0.2) is 76.0 Å². The molecule has 8 heteroatoms. The predicted molar refractivity (Wildman–Crippen MR) is 153 cm³/mol. The first-order valence-corrected chi connectivity index (χ1v) is 12.9. The van der Waals surface area contributed by atoms with Gasteiger partial charge in [-0.05, 0) is 38.0 Å². The van der Waals surface area contributed by atoms with Crippen LogP contribution in [0.1, 0.15) is 32.4 Å². The van der Waals surface area contributed by atoms with E-state index in [-0.39, 0.29) is 11.5 Å². The molecule has 1 atom stereocenters. The fourth-order valence-corrected chi connectivity index (χ4v) is 5.12. The van der Waals surface area contributed by atoms with Gasteiger partial charge in [0.1, 0.15) is 6.04 Å². The third-order valence-corrected chi connectivity index (χ3v) is 6.85. The van der Waals surface area contributed by atoms with E-state index in [1.54, 1.807) is 19.2 Å². The normalized spacial score (nSPS) is 12.2. The SMILES string of the molecule is COc1cc2c(c(-c3ccccc3)cc(=O)n2C(C(=O)NC(C)(C)C)c2ccccc2Br)c(OC)c1OC. The van der Waals surface area contributed by atoms with Crippen LogP contribution in [0.25, 0.3) is 22.0 Å². The molecule has 0 aliphatic carbocycles. The van der Waals surface area contributed by atoms with Gasteiger partial charge >= 0.3 is 0 Å². The number of fused-ring (bicyclic) bond motifs is 1. The molecule has 0 aliphatic rings. The number of halogens is 1. The molecule has 0 aliphatic heterocycles. The quantitative estimate of drug-likeness (QED) is 0.292. The van der Waals surface area contributed by atoms with Crippen LogP contribution >= 0.6 is 15.9 Å². The van der Waals surface area contributed by atoms with E-state index in [0.717, 1.165) is 5.56 Å². The Morgan fingerprint density at radius 3 is 2.11 bits per heavy atom. The van der Waals surface area contributed by atoms with Crippen molar-refractivity contribution in [3.8, 4) is 28.4 Å². The fourth-order valence-electron chi connectivity index (χ4n) is 4.62. The van der Waals surface area contributed by atoms with Gasteiger partial charge in [0.05, 0.1) is 32.2 Å². The molecule has 0 spiro atoms. The number of benzene rings is 3. The molecule has 38 heavy (non-hydrogen) atoms. The van der Waals surface area contributed by atoms with Crippen molar-refractivity contribution in [1.29, 1.82) is 0 Å². The molecule has 4 rings (SSSR count). The lowest BCUT2D eigenvalue weighted by atomic mass is 9.97. The Balaban J connectivity index is 2.20.